The molecule has 0 fully saturated rings. The highest BCUT2D eigenvalue weighted by Crippen LogP contribution is 2.52. The molecule has 2 aliphatic carbocycles. The number of allylic oxidation sites excluding steroid dienone is 5. The van der Waals surface area contributed by atoms with E-state index in [1.807, 2.05) is 6.07 Å². The zero-order chi connectivity index (χ0) is 29.7. The van der Waals surface area contributed by atoms with Gasteiger partial charge in [-0.2, -0.15) is 8.42 Å². The van der Waals surface area contributed by atoms with Crippen LogP contribution in [0.4, 0.5) is 0 Å². The summed E-state index contributed by atoms with van der Waals surface area (Å²) in [6.07, 6.45) is 4.06. The Morgan fingerprint density at radius 3 is 2.00 bits per heavy atom. The van der Waals surface area contributed by atoms with Crippen molar-refractivity contribution in [1.29, 1.82) is 0 Å². The fraction of sp³-hybridized carbons (Fsp3) is 0.394. The maximum Gasteiger partial charge on any atom is 0.339 e. The number of hydrogen-bond donors (Lipinski definition) is 1. The van der Waals surface area contributed by atoms with Crippen molar-refractivity contribution >= 4 is 21.7 Å². The van der Waals surface area contributed by atoms with Gasteiger partial charge in [0.1, 0.15) is 4.90 Å². The molecule has 0 saturated carbocycles. The standard InChI is InChI=1S/C33H37NO6S/c1-7-11-20-14-21(15-27(39-6)31(20)40-41(37,38)22-12-9-8-10-13-22)28-29-23(16-32(2,3)18-25(29)35)34-24-17-33(4,5)19-26(36)30(24)28/h7-10,12-15,28,34H,1,11,16-19H2,2-6H3. The molecule has 8 heteroatoms. The average Bonchev–Trinajstić information content (AvgIpc) is 2.87. The Bertz CT molecular complexity index is 1560. The van der Waals surface area contributed by atoms with Crippen LogP contribution in [0.5, 0.6) is 11.5 Å². The fourth-order valence-corrected chi connectivity index (χ4v) is 7.37. The lowest BCUT2D eigenvalue weighted by atomic mass is 9.64. The number of benzene rings is 2. The van der Waals surface area contributed by atoms with Gasteiger partial charge in [-0.15, -0.1) is 6.58 Å². The first kappa shape index (κ1) is 28.9. The number of carbonyl (C=O) groups excluding carboxylic acids is 2. The lowest BCUT2D eigenvalue weighted by molar-refractivity contribution is -0.119. The normalized spacial score (nSPS) is 20.2. The zero-order valence-electron chi connectivity index (χ0n) is 24.3. The molecule has 0 spiro atoms. The number of nitrogens with one attached hydrogen (secondary N) is 1. The second kappa shape index (κ2) is 10.3. The van der Waals surface area contributed by atoms with E-state index in [2.05, 4.69) is 39.6 Å². The molecule has 5 rings (SSSR count). The third-order valence-electron chi connectivity index (χ3n) is 8.02. The summed E-state index contributed by atoms with van der Waals surface area (Å²) in [6, 6.07) is 11.4. The second-order valence-electron chi connectivity index (χ2n) is 12.8. The Kier molecular flexibility index (Phi) is 7.26. The first-order chi connectivity index (χ1) is 19.2. The van der Waals surface area contributed by atoms with Crippen LogP contribution >= 0.6 is 0 Å². The van der Waals surface area contributed by atoms with Gasteiger partial charge in [0.05, 0.1) is 7.11 Å². The summed E-state index contributed by atoms with van der Waals surface area (Å²) in [4.78, 5) is 27.5. The van der Waals surface area contributed by atoms with Crippen LogP contribution in [0.15, 0.2) is 82.6 Å². The summed E-state index contributed by atoms with van der Waals surface area (Å²) in [7, 11) is -2.71. The lowest BCUT2D eigenvalue weighted by Crippen LogP contribution is -2.42. The summed E-state index contributed by atoms with van der Waals surface area (Å²) < 4.78 is 37.7. The molecule has 7 nitrogen and oxygen atoms in total. The summed E-state index contributed by atoms with van der Waals surface area (Å²) in [5.41, 5.74) is 3.72. The van der Waals surface area contributed by atoms with Crippen molar-refractivity contribution in [3.63, 3.8) is 0 Å². The Morgan fingerprint density at radius 2 is 1.49 bits per heavy atom. The molecule has 2 aromatic rings. The third-order valence-corrected chi connectivity index (χ3v) is 9.25. The van der Waals surface area contributed by atoms with Gasteiger partial charge in [-0.3, -0.25) is 9.59 Å². The molecule has 0 unspecified atom stereocenters. The van der Waals surface area contributed by atoms with E-state index in [1.165, 1.54) is 19.2 Å². The van der Waals surface area contributed by atoms with Gasteiger partial charge in [-0.1, -0.05) is 58.0 Å². The number of dihydropyridines is 1. The summed E-state index contributed by atoms with van der Waals surface area (Å²) >= 11 is 0. The Balaban J connectivity index is 1.70. The fourth-order valence-electron chi connectivity index (χ4n) is 6.37. The Morgan fingerprint density at radius 1 is 0.927 bits per heavy atom. The van der Waals surface area contributed by atoms with Gasteiger partial charge in [-0.05, 0) is 53.9 Å². The van der Waals surface area contributed by atoms with Crippen LogP contribution in [0, 0.1) is 10.8 Å². The first-order valence-corrected chi connectivity index (χ1v) is 15.3. The van der Waals surface area contributed by atoms with Crippen molar-refractivity contribution in [2.75, 3.05) is 7.11 Å². The SMILES string of the molecule is C=CCc1cc(C2C3=C(CC(C)(C)CC3=O)NC3=C2C(=O)CC(C)(C)C3)cc(OC)c1OS(=O)(=O)c1ccccc1. The first-order valence-electron chi connectivity index (χ1n) is 13.9. The van der Waals surface area contributed by atoms with Crippen molar-refractivity contribution in [3.05, 3.63) is 88.8 Å². The van der Waals surface area contributed by atoms with E-state index in [0.717, 1.165) is 11.4 Å². The van der Waals surface area contributed by atoms with Gasteiger partial charge in [-0.25, -0.2) is 0 Å². The van der Waals surface area contributed by atoms with Crippen molar-refractivity contribution in [2.45, 2.75) is 70.6 Å². The number of hydrogen-bond acceptors (Lipinski definition) is 7. The predicted octanol–water partition coefficient (Wildman–Crippen LogP) is 6.16. The van der Waals surface area contributed by atoms with Crippen molar-refractivity contribution < 1.29 is 26.9 Å². The smallest absolute Gasteiger partial charge is 0.339 e. The van der Waals surface area contributed by atoms with Crippen LogP contribution in [-0.4, -0.2) is 27.1 Å². The van der Waals surface area contributed by atoms with Crippen LogP contribution in [0.2, 0.25) is 0 Å². The van der Waals surface area contributed by atoms with Gasteiger partial charge < -0.3 is 14.2 Å². The Hall–Kier alpha value is -3.65. The lowest BCUT2D eigenvalue weighted by Gasteiger charge is -2.44. The van der Waals surface area contributed by atoms with Gasteiger partial charge in [0.15, 0.2) is 23.1 Å². The number of methoxy groups -OCH3 is 1. The maximum absolute atomic E-state index is 13.7. The Labute approximate surface area is 242 Å². The van der Waals surface area contributed by atoms with Gasteiger partial charge in [0, 0.05) is 46.9 Å². The molecule has 0 aromatic heterocycles. The number of carbonyl (C=O) groups is 2. The summed E-state index contributed by atoms with van der Waals surface area (Å²) in [5.74, 6) is -0.313. The molecule has 0 saturated heterocycles. The minimum atomic E-state index is -4.16. The minimum absolute atomic E-state index is 0.00848. The number of ketones is 2. The molecule has 1 aliphatic heterocycles. The van der Waals surface area contributed by atoms with E-state index in [1.54, 1.807) is 30.3 Å². The molecule has 2 aromatic carbocycles. The van der Waals surface area contributed by atoms with E-state index in [0.29, 0.717) is 48.0 Å². The number of rotatable bonds is 7. The summed E-state index contributed by atoms with van der Waals surface area (Å²) in [6.45, 7) is 12.2. The molecular weight excluding hydrogens is 538 g/mol. The maximum atomic E-state index is 13.7. The monoisotopic (exact) mass is 575 g/mol. The third kappa shape index (κ3) is 5.49. The van der Waals surface area contributed by atoms with E-state index in [9.17, 15) is 18.0 Å². The number of ether oxygens (including phenoxy) is 1. The molecule has 0 radical (unpaired) electrons. The number of Topliss-reactive ketones (excluding diaryl/α,β-unsaturated/α-hetero) is 2. The van der Waals surface area contributed by atoms with Crippen LogP contribution in [0.3, 0.4) is 0 Å². The largest absolute Gasteiger partial charge is 0.493 e. The molecule has 0 atom stereocenters. The van der Waals surface area contributed by atoms with Crippen LogP contribution in [-0.2, 0) is 26.1 Å². The van der Waals surface area contributed by atoms with Gasteiger partial charge >= 0.3 is 10.1 Å². The molecule has 1 N–H and O–H groups in total. The summed E-state index contributed by atoms with van der Waals surface area (Å²) in [5, 5.41) is 3.52. The van der Waals surface area contributed by atoms with Gasteiger partial charge in [0.25, 0.3) is 0 Å². The van der Waals surface area contributed by atoms with Crippen molar-refractivity contribution in [1.82, 2.24) is 5.32 Å². The molecule has 216 valence electrons. The van der Waals surface area contributed by atoms with Crippen molar-refractivity contribution in [3.8, 4) is 11.5 Å². The second-order valence-corrected chi connectivity index (χ2v) is 14.3. The molecule has 41 heavy (non-hydrogen) atoms. The van der Waals surface area contributed by atoms with E-state index < -0.39 is 16.0 Å². The highest BCUT2D eigenvalue weighted by atomic mass is 32.2. The molecule has 0 bridgehead atoms. The highest BCUT2D eigenvalue weighted by molar-refractivity contribution is 7.87. The van der Waals surface area contributed by atoms with Gasteiger partial charge in [0.2, 0.25) is 0 Å². The molecule has 1 heterocycles. The van der Waals surface area contributed by atoms with E-state index in [4.69, 9.17) is 8.92 Å². The molecule has 0 amide bonds. The van der Waals surface area contributed by atoms with Crippen LogP contribution in [0.25, 0.3) is 0 Å². The average molecular weight is 576 g/mol. The quantitative estimate of drug-likeness (QED) is 0.312. The zero-order valence-corrected chi connectivity index (χ0v) is 25.1. The van der Waals surface area contributed by atoms with Crippen LogP contribution in [0.1, 0.15) is 70.4 Å². The topological polar surface area (TPSA) is 98.8 Å². The van der Waals surface area contributed by atoms with E-state index >= 15 is 0 Å². The highest BCUT2D eigenvalue weighted by Gasteiger charge is 2.46. The minimum Gasteiger partial charge on any atom is -0.493 e. The van der Waals surface area contributed by atoms with E-state index in [-0.39, 0.29) is 45.2 Å². The predicted molar refractivity (Wildman–Crippen MR) is 157 cm³/mol. The molecular formula is C33H37NO6S. The molecule has 3 aliphatic rings. The van der Waals surface area contributed by atoms with Crippen molar-refractivity contribution in [2.24, 2.45) is 10.8 Å². The van der Waals surface area contributed by atoms with Crippen LogP contribution < -0.4 is 14.2 Å².